The largest absolute Gasteiger partial charge is 0.469 e. The molecule has 0 bridgehead atoms. The number of carbonyl (C=O) groups excluding carboxylic acids is 2. The van der Waals surface area contributed by atoms with Crippen LogP contribution in [0.4, 0.5) is 0 Å². The Morgan fingerprint density at radius 2 is 1.53 bits per heavy atom. The van der Waals surface area contributed by atoms with Crippen LogP contribution in [0.3, 0.4) is 0 Å². The number of hydrogen-bond donors (Lipinski definition) is 0. The molecule has 11 heteroatoms. The minimum Gasteiger partial charge on any atom is -0.469 e. The number of hydrogen-bond acceptors (Lipinski definition) is 7. The van der Waals surface area contributed by atoms with Crippen LogP contribution in [0.1, 0.15) is 133 Å². The van der Waals surface area contributed by atoms with E-state index < -0.39 is 36.2 Å². The first-order valence-corrected chi connectivity index (χ1v) is 28.8. The summed E-state index contributed by atoms with van der Waals surface area (Å²) in [5.41, 5.74) is 0.721. The van der Waals surface area contributed by atoms with Gasteiger partial charge in [0.1, 0.15) is 5.76 Å². The van der Waals surface area contributed by atoms with Gasteiger partial charge in [0, 0.05) is 30.1 Å². The van der Waals surface area contributed by atoms with Crippen molar-refractivity contribution < 1.29 is 27.3 Å². The van der Waals surface area contributed by atoms with Gasteiger partial charge in [-0.15, -0.1) is 11.8 Å². The third-order valence-corrected chi connectivity index (χ3v) is 24.1. The molecule has 0 aromatic carbocycles. The SMILES string of the molecule is CCCC[C@@H](C)C[C@@H](/C=C/[C@@H]1C(SCCCCCC(=O)OC)=C(OC(=O)CCC)C[C@H]1[Si](C)(C)O[SiH2]C(C)(C)C)[Si](C)(C)O[SiH2]C(C)(C)C. The van der Waals surface area contributed by atoms with E-state index >= 15 is 0 Å². The van der Waals surface area contributed by atoms with Crippen LogP contribution in [0.2, 0.25) is 47.3 Å². The minimum absolute atomic E-state index is 0.127. The van der Waals surface area contributed by atoms with Gasteiger partial charge in [-0.05, 0) is 84.7 Å². The van der Waals surface area contributed by atoms with Gasteiger partial charge < -0.3 is 17.7 Å². The molecule has 0 unspecified atom stereocenters. The number of rotatable bonds is 23. The van der Waals surface area contributed by atoms with Crippen molar-refractivity contribution in [3.63, 3.8) is 0 Å². The third-order valence-electron chi connectivity index (χ3n) is 9.42. The molecule has 1 aliphatic rings. The zero-order valence-electron chi connectivity index (χ0n) is 34.2. The molecule has 4 atom stereocenters. The fourth-order valence-electron chi connectivity index (χ4n) is 6.16. The van der Waals surface area contributed by atoms with Crippen LogP contribution in [0.15, 0.2) is 22.8 Å². The van der Waals surface area contributed by atoms with Crippen molar-refractivity contribution in [2.24, 2.45) is 11.8 Å². The second-order valence-electron chi connectivity index (χ2n) is 18.0. The van der Waals surface area contributed by atoms with Crippen LogP contribution in [0, 0.1) is 11.8 Å². The Morgan fingerprint density at radius 3 is 2.10 bits per heavy atom. The molecule has 49 heavy (non-hydrogen) atoms. The van der Waals surface area contributed by atoms with E-state index in [1.165, 1.54) is 31.3 Å². The van der Waals surface area contributed by atoms with Gasteiger partial charge in [-0.25, -0.2) is 0 Å². The van der Waals surface area contributed by atoms with Crippen LogP contribution in [0.25, 0.3) is 0 Å². The third kappa shape index (κ3) is 18.7. The van der Waals surface area contributed by atoms with Crippen molar-refractivity contribution in [3.8, 4) is 0 Å². The van der Waals surface area contributed by atoms with E-state index in [0.717, 1.165) is 50.0 Å². The maximum absolute atomic E-state index is 13.0. The standard InChI is InChI=1S/C38H76O6SSi4/c1-15-17-22-29(3)27-30(48(11,12)43-46-37(4,5)6)24-25-31-33(49(13,14)44-47-38(7,8)9)28-32(42-35(40)21-16-2)36(31)45-26-20-18-19-23-34(39)41-10/h24-25,29-31,33H,15-23,26-28,46-47H2,1-14H3/b25-24+/t29-,30-,31+,33-/m1/s1. The molecule has 6 nitrogen and oxygen atoms in total. The molecule has 0 saturated heterocycles. The number of methoxy groups -OCH3 is 1. The van der Waals surface area contributed by atoms with Gasteiger partial charge in [-0.3, -0.25) is 9.59 Å². The number of thioether (sulfide) groups is 1. The predicted molar refractivity (Wildman–Crippen MR) is 223 cm³/mol. The second-order valence-corrected chi connectivity index (χ2v) is 34.1. The lowest BCUT2D eigenvalue weighted by Crippen LogP contribution is -2.42. The Morgan fingerprint density at radius 1 is 0.898 bits per heavy atom. The summed E-state index contributed by atoms with van der Waals surface area (Å²) in [5, 5.41) is 0.469. The monoisotopic (exact) mass is 772 g/mol. The van der Waals surface area contributed by atoms with Gasteiger partial charge in [-0.1, -0.05) is 100 Å². The number of carbonyl (C=O) groups is 2. The molecule has 1 rings (SSSR count). The van der Waals surface area contributed by atoms with Crippen LogP contribution in [-0.2, 0) is 27.3 Å². The zero-order chi connectivity index (χ0) is 37.5. The summed E-state index contributed by atoms with van der Waals surface area (Å²) >= 11 is 1.87. The molecule has 0 amide bonds. The molecule has 0 N–H and O–H groups in total. The molecule has 286 valence electrons. The maximum Gasteiger partial charge on any atom is 0.310 e. The molecule has 0 radical (unpaired) electrons. The van der Waals surface area contributed by atoms with Crippen molar-refractivity contribution >= 4 is 59.9 Å². The van der Waals surface area contributed by atoms with Gasteiger partial charge in [0.2, 0.25) is 0 Å². The summed E-state index contributed by atoms with van der Waals surface area (Å²) < 4.78 is 25.1. The normalized spacial score (nSPS) is 19.6. The molecular formula is C38H76O6SSi4. The van der Waals surface area contributed by atoms with E-state index in [9.17, 15) is 9.59 Å². The number of esters is 2. The molecule has 1 aliphatic carbocycles. The lowest BCUT2D eigenvalue weighted by atomic mass is 9.97. The fraction of sp³-hybridized carbons (Fsp3) is 0.842. The van der Waals surface area contributed by atoms with Gasteiger partial charge in [0.15, 0.2) is 36.2 Å². The van der Waals surface area contributed by atoms with Crippen LogP contribution < -0.4 is 0 Å². The van der Waals surface area contributed by atoms with Crippen LogP contribution in [0.5, 0.6) is 0 Å². The summed E-state index contributed by atoms with van der Waals surface area (Å²) in [6, 6.07) is 0. The first-order valence-electron chi connectivity index (χ1n) is 19.2. The Balaban J connectivity index is 3.60. The molecule has 0 fully saturated rings. The Kier molecular flexibility index (Phi) is 20.8. The number of ether oxygens (including phenoxy) is 2. The quantitative estimate of drug-likeness (QED) is 0.0443. The van der Waals surface area contributed by atoms with Gasteiger partial charge in [0.25, 0.3) is 0 Å². The first kappa shape index (κ1) is 46.6. The molecular weight excluding hydrogens is 697 g/mol. The lowest BCUT2D eigenvalue weighted by Gasteiger charge is -2.37. The Labute approximate surface area is 313 Å². The van der Waals surface area contributed by atoms with E-state index in [2.05, 4.69) is 93.7 Å². The van der Waals surface area contributed by atoms with E-state index in [1.54, 1.807) is 0 Å². The highest BCUT2D eigenvalue weighted by Gasteiger charge is 2.47. The average molecular weight is 773 g/mol. The van der Waals surface area contributed by atoms with Crippen molar-refractivity contribution in [2.75, 3.05) is 12.9 Å². The van der Waals surface area contributed by atoms with Crippen LogP contribution in [-0.4, -0.2) is 61.0 Å². The second kappa shape index (κ2) is 21.9. The van der Waals surface area contributed by atoms with Crippen molar-refractivity contribution in [2.45, 2.75) is 180 Å². The lowest BCUT2D eigenvalue weighted by molar-refractivity contribution is -0.141. The van der Waals surface area contributed by atoms with Gasteiger partial charge >= 0.3 is 11.9 Å². The minimum atomic E-state index is -2.18. The maximum atomic E-state index is 13.0. The summed E-state index contributed by atoms with van der Waals surface area (Å²) in [6.07, 6.45) is 15.2. The predicted octanol–water partition coefficient (Wildman–Crippen LogP) is 10.6. The summed E-state index contributed by atoms with van der Waals surface area (Å²) in [7, 11) is -4.19. The summed E-state index contributed by atoms with van der Waals surface area (Å²) in [6.45, 7) is 30.3. The molecule has 0 saturated carbocycles. The van der Waals surface area contributed by atoms with Crippen molar-refractivity contribution in [1.82, 2.24) is 0 Å². The molecule has 0 aliphatic heterocycles. The smallest absolute Gasteiger partial charge is 0.310 e. The highest BCUT2D eigenvalue weighted by atomic mass is 32.2. The first-order chi connectivity index (χ1) is 22.7. The molecule has 0 aromatic rings. The van der Waals surface area contributed by atoms with E-state index in [0.29, 0.717) is 29.8 Å². The Hall–Kier alpha value is -0.442. The summed E-state index contributed by atoms with van der Waals surface area (Å²) in [4.78, 5) is 25.9. The molecule has 0 spiro atoms. The van der Waals surface area contributed by atoms with Gasteiger partial charge in [-0.2, -0.15) is 0 Å². The molecule has 0 heterocycles. The zero-order valence-corrected chi connectivity index (χ0v) is 39.9. The van der Waals surface area contributed by atoms with Crippen LogP contribution >= 0.6 is 11.8 Å². The van der Waals surface area contributed by atoms with E-state index in [-0.39, 0.29) is 27.9 Å². The van der Waals surface area contributed by atoms with Gasteiger partial charge in [0.05, 0.1) is 7.11 Å². The summed E-state index contributed by atoms with van der Waals surface area (Å²) in [5.74, 6) is 2.35. The average Bonchev–Trinajstić information content (AvgIpc) is 3.34. The number of allylic oxidation sites excluding steroid dienone is 4. The number of unbranched alkanes of at least 4 members (excludes halogenated alkanes) is 3. The Bertz CT molecular complexity index is 1060. The van der Waals surface area contributed by atoms with Crippen molar-refractivity contribution in [3.05, 3.63) is 22.8 Å². The topological polar surface area (TPSA) is 71.1 Å². The fourth-order valence-corrected chi connectivity index (χ4v) is 19.1. The van der Waals surface area contributed by atoms with Crippen molar-refractivity contribution in [1.29, 1.82) is 0 Å². The van der Waals surface area contributed by atoms with E-state index in [1.807, 2.05) is 18.7 Å². The highest BCUT2D eigenvalue weighted by Crippen LogP contribution is 2.53. The molecule has 0 aromatic heterocycles. The highest BCUT2D eigenvalue weighted by molar-refractivity contribution is 8.03. The van der Waals surface area contributed by atoms with E-state index in [4.69, 9.17) is 17.7 Å².